The van der Waals surface area contributed by atoms with Crippen molar-refractivity contribution in [2.75, 3.05) is 12.4 Å². The van der Waals surface area contributed by atoms with Crippen molar-refractivity contribution in [1.82, 2.24) is 5.32 Å². The number of nitrogens with one attached hydrogen (secondary N) is 2. The van der Waals surface area contributed by atoms with E-state index >= 15 is 0 Å². The second-order valence-corrected chi connectivity index (χ2v) is 6.23. The summed E-state index contributed by atoms with van der Waals surface area (Å²) < 4.78 is 10.2. The van der Waals surface area contributed by atoms with Gasteiger partial charge in [0.1, 0.15) is 11.4 Å². The Labute approximate surface area is 137 Å². The molecule has 128 valence electrons. The predicted octanol–water partition coefficient (Wildman–Crippen LogP) is 3.33. The van der Waals surface area contributed by atoms with Crippen molar-refractivity contribution in [2.45, 2.75) is 52.2 Å². The van der Waals surface area contributed by atoms with Crippen LogP contribution in [0.4, 0.5) is 10.5 Å². The molecule has 1 unspecified atom stereocenters. The Morgan fingerprint density at radius 1 is 1.17 bits per heavy atom. The topological polar surface area (TPSA) is 76.7 Å². The van der Waals surface area contributed by atoms with E-state index < -0.39 is 11.7 Å². The lowest BCUT2D eigenvalue weighted by molar-refractivity contribution is -0.121. The number of imide groups is 1. The first kappa shape index (κ1) is 18.8. The van der Waals surface area contributed by atoms with E-state index in [0.29, 0.717) is 0 Å². The lowest BCUT2D eigenvalue weighted by Crippen LogP contribution is -2.38. The van der Waals surface area contributed by atoms with Gasteiger partial charge in [-0.1, -0.05) is 6.92 Å². The summed E-state index contributed by atoms with van der Waals surface area (Å²) in [5.74, 6) is 0.401. The van der Waals surface area contributed by atoms with Crippen LogP contribution >= 0.6 is 0 Å². The fourth-order valence-corrected chi connectivity index (χ4v) is 1.91. The van der Waals surface area contributed by atoms with Gasteiger partial charge in [0.05, 0.1) is 7.11 Å². The average molecular weight is 322 g/mol. The number of amides is 2. The largest absolute Gasteiger partial charge is 0.497 e. The minimum Gasteiger partial charge on any atom is -0.497 e. The molecule has 0 aromatic heterocycles. The molecule has 1 rings (SSSR count). The van der Waals surface area contributed by atoms with Gasteiger partial charge in [0.2, 0.25) is 5.91 Å². The zero-order valence-electron chi connectivity index (χ0n) is 14.4. The molecule has 2 N–H and O–H groups in total. The van der Waals surface area contributed by atoms with Crippen molar-refractivity contribution >= 4 is 17.7 Å². The number of hydrogen-bond donors (Lipinski definition) is 2. The first-order valence-electron chi connectivity index (χ1n) is 7.67. The molecule has 6 heteroatoms. The highest BCUT2D eigenvalue weighted by atomic mass is 16.6. The van der Waals surface area contributed by atoms with Crippen LogP contribution < -0.4 is 15.4 Å². The molecule has 0 aliphatic heterocycles. The zero-order chi connectivity index (χ0) is 17.5. The summed E-state index contributed by atoms with van der Waals surface area (Å²) in [5, 5.41) is 5.51. The number of carbonyl (C=O) groups excluding carboxylic acids is 2. The number of rotatable bonds is 6. The quantitative estimate of drug-likeness (QED) is 0.840. The van der Waals surface area contributed by atoms with Gasteiger partial charge in [-0.15, -0.1) is 0 Å². The zero-order valence-corrected chi connectivity index (χ0v) is 14.4. The maximum atomic E-state index is 11.9. The fourth-order valence-electron chi connectivity index (χ4n) is 1.91. The third-order valence-electron chi connectivity index (χ3n) is 3.03. The molecule has 2 amide bonds. The monoisotopic (exact) mass is 322 g/mol. The van der Waals surface area contributed by atoms with Crippen LogP contribution in [-0.2, 0) is 9.53 Å². The molecule has 0 radical (unpaired) electrons. The van der Waals surface area contributed by atoms with Crippen LogP contribution in [0.2, 0.25) is 0 Å². The van der Waals surface area contributed by atoms with Gasteiger partial charge in [-0.3, -0.25) is 10.1 Å². The summed E-state index contributed by atoms with van der Waals surface area (Å²) in [6, 6.07) is 7.37. The highest BCUT2D eigenvalue weighted by Crippen LogP contribution is 2.17. The Kier molecular flexibility index (Phi) is 6.88. The number of carbonyl (C=O) groups is 2. The van der Waals surface area contributed by atoms with Crippen molar-refractivity contribution in [3.05, 3.63) is 24.3 Å². The summed E-state index contributed by atoms with van der Waals surface area (Å²) in [6.07, 6.45) is 0.206. The van der Waals surface area contributed by atoms with E-state index in [9.17, 15) is 9.59 Å². The third kappa shape index (κ3) is 7.54. The molecule has 23 heavy (non-hydrogen) atoms. The Bertz CT molecular complexity index is 520. The summed E-state index contributed by atoms with van der Waals surface area (Å²) in [7, 11) is 1.61. The van der Waals surface area contributed by atoms with Crippen LogP contribution in [0, 0.1) is 0 Å². The van der Waals surface area contributed by atoms with Gasteiger partial charge in [-0.25, -0.2) is 4.79 Å². The van der Waals surface area contributed by atoms with E-state index in [1.807, 2.05) is 31.2 Å². The SMILES string of the molecule is CCC(CC(=O)NC(=O)OC(C)(C)C)Nc1ccc(OC)cc1. The molecule has 0 heterocycles. The Hall–Kier alpha value is -2.24. The van der Waals surface area contributed by atoms with Gasteiger partial charge in [-0.05, 0) is 51.5 Å². The number of hydrogen-bond acceptors (Lipinski definition) is 5. The number of benzene rings is 1. The van der Waals surface area contributed by atoms with E-state index in [4.69, 9.17) is 9.47 Å². The van der Waals surface area contributed by atoms with Gasteiger partial charge in [-0.2, -0.15) is 0 Å². The standard InChI is InChI=1S/C17H26N2O4/c1-6-12(18-13-7-9-14(22-5)10-8-13)11-15(20)19-16(21)23-17(2,3)4/h7-10,12,18H,6,11H2,1-5H3,(H,19,20,21). The van der Waals surface area contributed by atoms with Gasteiger partial charge in [0.25, 0.3) is 0 Å². The summed E-state index contributed by atoms with van der Waals surface area (Å²) in [4.78, 5) is 23.5. The highest BCUT2D eigenvalue weighted by Gasteiger charge is 2.19. The molecule has 0 saturated carbocycles. The normalized spacial score (nSPS) is 12.2. The van der Waals surface area contributed by atoms with Crippen molar-refractivity contribution in [3.8, 4) is 5.75 Å². The maximum Gasteiger partial charge on any atom is 0.414 e. The van der Waals surface area contributed by atoms with E-state index in [1.54, 1.807) is 27.9 Å². The molecular formula is C17H26N2O4. The first-order chi connectivity index (χ1) is 10.7. The Balaban J connectivity index is 2.51. The van der Waals surface area contributed by atoms with Gasteiger partial charge in [0, 0.05) is 18.2 Å². The number of alkyl carbamates (subject to hydrolysis) is 1. The number of methoxy groups -OCH3 is 1. The van der Waals surface area contributed by atoms with Crippen molar-refractivity contribution < 1.29 is 19.1 Å². The molecule has 0 fully saturated rings. The Morgan fingerprint density at radius 2 is 1.78 bits per heavy atom. The predicted molar refractivity (Wildman–Crippen MR) is 89.7 cm³/mol. The van der Waals surface area contributed by atoms with Crippen molar-refractivity contribution in [2.24, 2.45) is 0 Å². The number of anilines is 1. The third-order valence-corrected chi connectivity index (χ3v) is 3.03. The summed E-state index contributed by atoms with van der Waals surface area (Å²) >= 11 is 0. The van der Waals surface area contributed by atoms with E-state index in [1.165, 1.54) is 0 Å². The molecule has 1 aromatic carbocycles. The molecule has 0 aliphatic carbocycles. The molecule has 1 atom stereocenters. The van der Waals surface area contributed by atoms with Gasteiger partial charge in [0.15, 0.2) is 0 Å². The molecular weight excluding hydrogens is 296 g/mol. The minimum absolute atomic E-state index is 0.0779. The van der Waals surface area contributed by atoms with E-state index in [2.05, 4.69) is 10.6 Å². The molecule has 1 aromatic rings. The van der Waals surface area contributed by atoms with Crippen LogP contribution in [0.15, 0.2) is 24.3 Å². The lowest BCUT2D eigenvalue weighted by Gasteiger charge is -2.21. The molecule has 0 saturated heterocycles. The maximum absolute atomic E-state index is 11.9. The summed E-state index contributed by atoms with van der Waals surface area (Å²) in [5.41, 5.74) is 0.262. The number of ether oxygens (including phenoxy) is 2. The lowest BCUT2D eigenvalue weighted by atomic mass is 10.1. The molecule has 6 nitrogen and oxygen atoms in total. The molecule has 0 spiro atoms. The van der Waals surface area contributed by atoms with Crippen molar-refractivity contribution in [3.63, 3.8) is 0 Å². The smallest absolute Gasteiger partial charge is 0.414 e. The van der Waals surface area contributed by atoms with Gasteiger partial charge >= 0.3 is 6.09 Å². The molecule has 0 aliphatic rings. The fraction of sp³-hybridized carbons (Fsp3) is 0.529. The van der Waals surface area contributed by atoms with Crippen LogP contribution in [0.25, 0.3) is 0 Å². The average Bonchev–Trinajstić information content (AvgIpc) is 2.45. The summed E-state index contributed by atoms with van der Waals surface area (Å²) in [6.45, 7) is 7.22. The second-order valence-electron chi connectivity index (χ2n) is 6.23. The van der Waals surface area contributed by atoms with Crippen LogP contribution in [0.3, 0.4) is 0 Å². The first-order valence-corrected chi connectivity index (χ1v) is 7.67. The minimum atomic E-state index is -0.721. The molecule has 0 bridgehead atoms. The Morgan fingerprint density at radius 3 is 2.26 bits per heavy atom. The van der Waals surface area contributed by atoms with E-state index in [0.717, 1.165) is 17.9 Å². The second kappa shape index (κ2) is 8.41. The van der Waals surface area contributed by atoms with Crippen LogP contribution in [0.5, 0.6) is 5.75 Å². The van der Waals surface area contributed by atoms with Gasteiger partial charge < -0.3 is 14.8 Å². The van der Waals surface area contributed by atoms with Crippen molar-refractivity contribution in [1.29, 1.82) is 0 Å². The highest BCUT2D eigenvalue weighted by molar-refractivity contribution is 5.92. The van der Waals surface area contributed by atoms with E-state index in [-0.39, 0.29) is 18.4 Å². The van der Waals surface area contributed by atoms with Crippen LogP contribution in [0.1, 0.15) is 40.5 Å². The van der Waals surface area contributed by atoms with Crippen LogP contribution in [-0.4, -0.2) is 30.8 Å².